The van der Waals surface area contributed by atoms with E-state index in [4.69, 9.17) is 5.73 Å². The first-order chi connectivity index (χ1) is 11.2. The maximum atomic E-state index is 13.3. The molecule has 2 fully saturated rings. The molecule has 2 aliphatic carbocycles. The van der Waals surface area contributed by atoms with Gasteiger partial charge >= 0.3 is 0 Å². The van der Waals surface area contributed by atoms with Crippen molar-refractivity contribution in [3.05, 3.63) is 29.8 Å². The van der Waals surface area contributed by atoms with Crippen LogP contribution in [0.1, 0.15) is 50.5 Å². The number of fused-ring (bicyclic) bond motifs is 3. The Morgan fingerprint density at radius 2 is 1.78 bits per heavy atom. The monoisotopic (exact) mass is 312 g/mol. The van der Waals surface area contributed by atoms with Crippen molar-refractivity contribution in [2.45, 2.75) is 57.4 Å². The van der Waals surface area contributed by atoms with Gasteiger partial charge in [-0.05, 0) is 68.4 Å². The largest absolute Gasteiger partial charge is 0.327 e. The molecule has 3 aliphatic rings. The Kier molecular flexibility index (Phi) is 4.14. The third kappa shape index (κ3) is 2.80. The smallest absolute Gasteiger partial charge is 0.230 e. The number of hydrogen-bond acceptors (Lipinski definition) is 2. The van der Waals surface area contributed by atoms with Crippen molar-refractivity contribution in [3.63, 3.8) is 0 Å². The van der Waals surface area contributed by atoms with Crippen LogP contribution in [0.4, 0.5) is 5.69 Å². The molecule has 0 spiro atoms. The van der Waals surface area contributed by atoms with Crippen LogP contribution in [-0.4, -0.2) is 18.5 Å². The number of carbonyl (C=O) groups excluding carboxylic acids is 1. The quantitative estimate of drug-likeness (QED) is 0.862. The number of nitrogens with two attached hydrogens (primary N) is 1. The molecule has 1 aliphatic heterocycles. The van der Waals surface area contributed by atoms with Crippen LogP contribution in [0.3, 0.4) is 0 Å². The third-order valence-corrected chi connectivity index (χ3v) is 6.39. The maximum Gasteiger partial charge on any atom is 0.230 e. The van der Waals surface area contributed by atoms with E-state index in [0.717, 1.165) is 37.9 Å². The van der Waals surface area contributed by atoms with Gasteiger partial charge in [0.25, 0.3) is 0 Å². The zero-order valence-electron chi connectivity index (χ0n) is 13.9. The fourth-order valence-electron chi connectivity index (χ4n) is 5.13. The minimum absolute atomic E-state index is 0.191. The summed E-state index contributed by atoms with van der Waals surface area (Å²) in [4.78, 5) is 15.4. The summed E-state index contributed by atoms with van der Waals surface area (Å²) in [5.74, 6) is 1.69. The molecule has 1 amide bonds. The summed E-state index contributed by atoms with van der Waals surface area (Å²) in [6, 6.07) is 8.82. The highest BCUT2D eigenvalue weighted by Crippen LogP contribution is 2.43. The molecule has 2 N–H and O–H groups in total. The summed E-state index contributed by atoms with van der Waals surface area (Å²) in [6.45, 7) is 0.883. The van der Waals surface area contributed by atoms with E-state index in [0.29, 0.717) is 23.8 Å². The number of carbonyl (C=O) groups is 1. The van der Waals surface area contributed by atoms with Crippen LogP contribution in [0.2, 0.25) is 0 Å². The van der Waals surface area contributed by atoms with Gasteiger partial charge in [-0.15, -0.1) is 0 Å². The molecule has 2 bridgehead atoms. The number of amides is 1. The van der Waals surface area contributed by atoms with Gasteiger partial charge in [0.2, 0.25) is 5.91 Å². The Bertz CT molecular complexity index is 571. The molecule has 0 saturated heterocycles. The van der Waals surface area contributed by atoms with E-state index in [1.54, 1.807) is 0 Å². The van der Waals surface area contributed by atoms with E-state index in [-0.39, 0.29) is 5.92 Å². The fraction of sp³-hybridized carbons (Fsp3) is 0.650. The van der Waals surface area contributed by atoms with Crippen molar-refractivity contribution in [1.82, 2.24) is 0 Å². The molecule has 1 heterocycles. The molecule has 0 aromatic heterocycles. The molecule has 1 aromatic carbocycles. The Morgan fingerprint density at radius 3 is 2.57 bits per heavy atom. The highest BCUT2D eigenvalue weighted by Gasteiger charge is 2.42. The highest BCUT2D eigenvalue weighted by atomic mass is 16.2. The molecule has 23 heavy (non-hydrogen) atoms. The summed E-state index contributed by atoms with van der Waals surface area (Å²) in [7, 11) is 0. The molecular weight excluding hydrogens is 284 g/mol. The second-order valence-corrected chi connectivity index (χ2v) is 7.77. The maximum absolute atomic E-state index is 13.3. The van der Waals surface area contributed by atoms with Crippen molar-refractivity contribution in [3.8, 4) is 0 Å². The average Bonchev–Trinajstić information content (AvgIpc) is 2.76. The van der Waals surface area contributed by atoms with E-state index >= 15 is 0 Å². The molecule has 2 unspecified atom stereocenters. The van der Waals surface area contributed by atoms with Crippen molar-refractivity contribution in [2.75, 3.05) is 11.4 Å². The average molecular weight is 312 g/mol. The van der Waals surface area contributed by atoms with E-state index in [1.807, 2.05) is 0 Å². The number of nitrogens with zero attached hydrogens (tertiary/aromatic N) is 1. The zero-order chi connectivity index (χ0) is 15.8. The molecule has 124 valence electrons. The predicted octanol–water partition coefficient (Wildman–Crippen LogP) is 3.51. The van der Waals surface area contributed by atoms with Crippen LogP contribution in [0.25, 0.3) is 0 Å². The summed E-state index contributed by atoms with van der Waals surface area (Å²) < 4.78 is 0. The number of para-hydroxylation sites is 1. The Balaban J connectivity index is 1.57. The highest BCUT2D eigenvalue weighted by molar-refractivity contribution is 5.96. The van der Waals surface area contributed by atoms with Crippen LogP contribution in [0.15, 0.2) is 24.3 Å². The molecule has 3 nitrogen and oxygen atoms in total. The molecule has 3 heteroatoms. The van der Waals surface area contributed by atoms with Crippen LogP contribution in [0.5, 0.6) is 0 Å². The van der Waals surface area contributed by atoms with Crippen LogP contribution < -0.4 is 10.6 Å². The van der Waals surface area contributed by atoms with Crippen molar-refractivity contribution in [1.29, 1.82) is 0 Å². The van der Waals surface area contributed by atoms with Gasteiger partial charge in [-0.1, -0.05) is 24.6 Å². The predicted molar refractivity (Wildman–Crippen MR) is 93.3 cm³/mol. The normalized spacial score (nSPS) is 33.7. The molecule has 0 radical (unpaired) electrons. The summed E-state index contributed by atoms with van der Waals surface area (Å²) in [6.07, 6.45) is 9.15. The van der Waals surface area contributed by atoms with Gasteiger partial charge in [-0.3, -0.25) is 4.79 Å². The topological polar surface area (TPSA) is 46.3 Å². The van der Waals surface area contributed by atoms with Crippen molar-refractivity contribution in [2.24, 2.45) is 23.5 Å². The zero-order valence-corrected chi connectivity index (χ0v) is 13.9. The lowest BCUT2D eigenvalue weighted by Gasteiger charge is -2.44. The summed E-state index contributed by atoms with van der Waals surface area (Å²) >= 11 is 0. The first-order valence-electron chi connectivity index (χ1n) is 9.39. The number of rotatable bonds is 1. The van der Waals surface area contributed by atoms with Crippen LogP contribution >= 0.6 is 0 Å². The van der Waals surface area contributed by atoms with Gasteiger partial charge in [-0.25, -0.2) is 0 Å². The van der Waals surface area contributed by atoms with E-state index in [9.17, 15) is 4.79 Å². The lowest BCUT2D eigenvalue weighted by Crippen LogP contribution is -2.50. The Hall–Kier alpha value is -1.35. The van der Waals surface area contributed by atoms with Crippen LogP contribution in [0, 0.1) is 17.8 Å². The lowest BCUT2D eigenvalue weighted by molar-refractivity contribution is -0.125. The molecule has 4 rings (SSSR count). The molecular formula is C20H28N2O. The SMILES string of the molecule is NC1C2CCCC1CC(C(=O)N1CCCCc3ccccc31)C2. The number of anilines is 1. The van der Waals surface area contributed by atoms with E-state index < -0.39 is 0 Å². The summed E-state index contributed by atoms with van der Waals surface area (Å²) in [5, 5.41) is 0. The molecule has 2 saturated carbocycles. The third-order valence-electron chi connectivity index (χ3n) is 6.39. The number of aryl methyl sites for hydroxylation is 1. The van der Waals surface area contributed by atoms with Gasteiger partial charge in [0.1, 0.15) is 0 Å². The molecule has 2 atom stereocenters. The van der Waals surface area contributed by atoms with Gasteiger partial charge < -0.3 is 10.6 Å². The Labute approximate surface area is 139 Å². The lowest BCUT2D eigenvalue weighted by atomic mass is 9.65. The minimum atomic E-state index is 0.191. The fourth-order valence-corrected chi connectivity index (χ4v) is 5.13. The standard InChI is InChI=1S/C20H28N2O/c21-19-15-8-5-9-16(19)13-17(12-15)20(23)22-11-4-3-7-14-6-1-2-10-18(14)22/h1-2,6,10,15-17,19H,3-5,7-9,11-13,21H2. The van der Waals surface area contributed by atoms with Crippen molar-refractivity contribution >= 4 is 11.6 Å². The van der Waals surface area contributed by atoms with Gasteiger partial charge in [0.15, 0.2) is 0 Å². The second kappa shape index (κ2) is 6.27. The molecule has 1 aromatic rings. The first-order valence-corrected chi connectivity index (χ1v) is 9.39. The minimum Gasteiger partial charge on any atom is -0.327 e. The second-order valence-electron chi connectivity index (χ2n) is 7.77. The van der Waals surface area contributed by atoms with E-state index in [1.165, 1.54) is 31.2 Å². The summed E-state index contributed by atoms with van der Waals surface area (Å²) in [5.41, 5.74) is 8.90. The van der Waals surface area contributed by atoms with Gasteiger partial charge in [0, 0.05) is 24.2 Å². The van der Waals surface area contributed by atoms with Crippen molar-refractivity contribution < 1.29 is 4.79 Å². The van der Waals surface area contributed by atoms with E-state index in [2.05, 4.69) is 29.2 Å². The van der Waals surface area contributed by atoms with Gasteiger partial charge in [-0.2, -0.15) is 0 Å². The first kappa shape index (κ1) is 15.2. The van der Waals surface area contributed by atoms with Gasteiger partial charge in [0.05, 0.1) is 0 Å². The number of hydrogen-bond donors (Lipinski definition) is 1. The number of benzene rings is 1. The Morgan fingerprint density at radius 1 is 1.04 bits per heavy atom. The van der Waals surface area contributed by atoms with Crippen LogP contribution in [-0.2, 0) is 11.2 Å².